The molecule has 1 aromatic heterocycles. The molecule has 0 radical (unpaired) electrons. The van der Waals surface area contributed by atoms with Crippen LogP contribution in [0, 0.1) is 17.0 Å². The van der Waals surface area contributed by atoms with E-state index in [1.807, 2.05) is 55.7 Å². The van der Waals surface area contributed by atoms with Crippen LogP contribution in [0.1, 0.15) is 44.6 Å². The van der Waals surface area contributed by atoms with Crippen molar-refractivity contribution >= 4 is 5.91 Å². The summed E-state index contributed by atoms with van der Waals surface area (Å²) in [5, 5.41) is 0. The van der Waals surface area contributed by atoms with Crippen molar-refractivity contribution in [3.05, 3.63) is 77.8 Å². The number of benzene rings is 2. The van der Waals surface area contributed by atoms with Crippen LogP contribution < -0.4 is 5.73 Å². The number of carbonyl (C=O) groups excluding carboxylic acids is 1. The minimum Gasteiger partial charge on any atom is -0.375 e. The fourth-order valence-electron chi connectivity index (χ4n) is 4.36. The molecule has 37 heavy (non-hydrogen) atoms. The molecule has 0 fully saturated rings. The molecule has 2 aromatic carbocycles. The molecule has 0 aliphatic heterocycles. The zero-order valence-electron chi connectivity index (χ0n) is 21.8. The van der Waals surface area contributed by atoms with Gasteiger partial charge in [0.05, 0.1) is 11.7 Å². The van der Waals surface area contributed by atoms with Gasteiger partial charge in [-0.05, 0) is 35.6 Å². The van der Waals surface area contributed by atoms with E-state index >= 15 is 0 Å². The highest BCUT2D eigenvalue weighted by molar-refractivity contribution is 5.78. The third kappa shape index (κ3) is 7.20. The topological polar surface area (TPSA) is 73.4 Å². The van der Waals surface area contributed by atoms with Crippen molar-refractivity contribution < 1.29 is 22.7 Å². The number of halogens is 3. The van der Waals surface area contributed by atoms with Crippen LogP contribution in [0.25, 0.3) is 11.3 Å². The summed E-state index contributed by atoms with van der Waals surface area (Å²) in [5.41, 5.74) is 6.54. The number of amides is 1. The second-order valence-electron chi connectivity index (χ2n) is 10.2. The van der Waals surface area contributed by atoms with Gasteiger partial charge in [-0.1, -0.05) is 51.1 Å². The summed E-state index contributed by atoms with van der Waals surface area (Å²) in [7, 11) is 1.43. The number of alkyl halides is 1. The highest BCUT2D eigenvalue weighted by Gasteiger charge is 2.38. The molecule has 0 spiro atoms. The second kappa shape index (κ2) is 12.4. The second-order valence-corrected chi connectivity index (χ2v) is 10.2. The first kappa shape index (κ1) is 28.4. The fraction of sp³-hybridized carbons (Fsp3) is 0.429. The maximum Gasteiger partial charge on any atom is 0.249 e. The smallest absolute Gasteiger partial charge is 0.249 e. The summed E-state index contributed by atoms with van der Waals surface area (Å²) in [4.78, 5) is 19.6. The lowest BCUT2D eigenvalue weighted by Gasteiger charge is -2.40. The molecule has 2 atom stereocenters. The average molecular weight is 517 g/mol. The van der Waals surface area contributed by atoms with E-state index in [0.717, 1.165) is 23.8 Å². The number of carbonyl (C=O) groups is 1. The van der Waals surface area contributed by atoms with Crippen molar-refractivity contribution in [3.63, 3.8) is 0 Å². The van der Waals surface area contributed by atoms with E-state index in [0.29, 0.717) is 12.4 Å². The predicted molar refractivity (Wildman–Crippen MR) is 137 cm³/mol. The first-order valence-electron chi connectivity index (χ1n) is 12.2. The van der Waals surface area contributed by atoms with Gasteiger partial charge < -0.3 is 19.9 Å². The first-order chi connectivity index (χ1) is 17.5. The molecule has 6 nitrogen and oxygen atoms in total. The van der Waals surface area contributed by atoms with Crippen LogP contribution in [0.4, 0.5) is 13.2 Å². The summed E-state index contributed by atoms with van der Waals surface area (Å²) in [6.45, 7) is 5.57. The Bertz CT molecular complexity index is 1180. The number of imidazole rings is 1. The Hall–Kier alpha value is -3.17. The Balaban J connectivity index is 2.19. The zero-order chi connectivity index (χ0) is 27.2. The minimum absolute atomic E-state index is 0.0231. The number of rotatable bonds is 11. The van der Waals surface area contributed by atoms with E-state index in [1.165, 1.54) is 7.11 Å². The first-order valence-corrected chi connectivity index (χ1v) is 12.2. The number of hydrogen-bond donors (Lipinski definition) is 1. The van der Waals surface area contributed by atoms with Crippen molar-refractivity contribution in [3.8, 4) is 11.3 Å². The molecule has 3 rings (SSSR count). The molecule has 0 saturated carbocycles. The summed E-state index contributed by atoms with van der Waals surface area (Å²) in [6.07, 6.45) is 1.91. The number of ether oxygens (including phenoxy) is 1. The molecule has 0 saturated heterocycles. The Labute approximate surface area is 216 Å². The van der Waals surface area contributed by atoms with Crippen molar-refractivity contribution in [1.82, 2.24) is 14.5 Å². The molecule has 0 aliphatic carbocycles. The molecule has 200 valence electrons. The van der Waals surface area contributed by atoms with Crippen LogP contribution in [-0.4, -0.2) is 53.3 Å². The predicted octanol–water partition coefficient (Wildman–Crippen LogP) is 5.13. The number of aromatic nitrogens is 2. The molecule has 1 unspecified atom stereocenters. The molecule has 2 N–H and O–H groups in total. The minimum atomic E-state index is -0.723. The highest BCUT2D eigenvalue weighted by atomic mass is 19.1. The van der Waals surface area contributed by atoms with E-state index < -0.39 is 35.8 Å². The maximum atomic E-state index is 14.7. The molecule has 3 aromatic rings. The largest absolute Gasteiger partial charge is 0.375 e. The van der Waals surface area contributed by atoms with Gasteiger partial charge in [-0.25, -0.2) is 18.2 Å². The Morgan fingerprint density at radius 2 is 1.86 bits per heavy atom. The normalized spacial score (nSPS) is 13.4. The summed E-state index contributed by atoms with van der Waals surface area (Å²) >= 11 is 0. The molecule has 0 aliphatic rings. The Morgan fingerprint density at radius 3 is 2.49 bits per heavy atom. The molecule has 0 bridgehead atoms. The van der Waals surface area contributed by atoms with Crippen LogP contribution in [-0.2, 0) is 16.1 Å². The van der Waals surface area contributed by atoms with E-state index in [9.17, 15) is 18.0 Å². The third-order valence-electron chi connectivity index (χ3n) is 6.11. The lowest BCUT2D eigenvalue weighted by Crippen LogP contribution is -2.45. The monoisotopic (exact) mass is 516 g/mol. The van der Waals surface area contributed by atoms with Crippen molar-refractivity contribution in [2.45, 2.75) is 45.8 Å². The van der Waals surface area contributed by atoms with E-state index in [2.05, 4.69) is 0 Å². The van der Waals surface area contributed by atoms with Crippen LogP contribution in [0.2, 0.25) is 0 Å². The van der Waals surface area contributed by atoms with Crippen molar-refractivity contribution in [2.24, 2.45) is 11.1 Å². The van der Waals surface area contributed by atoms with Crippen LogP contribution in [0.15, 0.2) is 54.7 Å². The van der Waals surface area contributed by atoms with Crippen molar-refractivity contribution in [1.29, 1.82) is 0 Å². The van der Waals surface area contributed by atoms with E-state index in [-0.39, 0.29) is 36.7 Å². The van der Waals surface area contributed by atoms with Gasteiger partial charge in [0.2, 0.25) is 5.91 Å². The van der Waals surface area contributed by atoms with Gasteiger partial charge in [-0.3, -0.25) is 4.79 Å². The quantitative estimate of drug-likeness (QED) is 0.384. The molecular weight excluding hydrogens is 481 g/mol. The van der Waals surface area contributed by atoms with Crippen LogP contribution in [0.3, 0.4) is 0 Å². The Kier molecular flexibility index (Phi) is 9.50. The molecule has 9 heteroatoms. The molecular formula is C28H35F3N4O2. The summed E-state index contributed by atoms with van der Waals surface area (Å²) < 4.78 is 49.0. The lowest BCUT2D eigenvalue weighted by atomic mass is 9.84. The highest BCUT2D eigenvalue weighted by Crippen LogP contribution is 2.39. The lowest BCUT2D eigenvalue weighted by molar-refractivity contribution is -0.140. The fourth-order valence-corrected chi connectivity index (χ4v) is 4.36. The van der Waals surface area contributed by atoms with Gasteiger partial charge in [0.1, 0.15) is 30.7 Å². The number of nitrogens with zero attached hydrogens (tertiary/aromatic N) is 3. The van der Waals surface area contributed by atoms with Gasteiger partial charge in [-0.2, -0.15) is 0 Å². The molecule has 1 heterocycles. The molecule has 1 amide bonds. The Morgan fingerprint density at radius 1 is 1.16 bits per heavy atom. The maximum absolute atomic E-state index is 14.7. The van der Waals surface area contributed by atoms with Gasteiger partial charge >= 0.3 is 0 Å². The van der Waals surface area contributed by atoms with Gasteiger partial charge in [0.25, 0.3) is 0 Å². The zero-order valence-corrected chi connectivity index (χ0v) is 21.8. The van der Waals surface area contributed by atoms with Gasteiger partial charge in [0, 0.05) is 38.0 Å². The summed E-state index contributed by atoms with van der Waals surface area (Å²) in [6, 6.07) is 11.5. The van der Waals surface area contributed by atoms with E-state index in [1.54, 1.807) is 11.1 Å². The SMILES string of the molecule is COCC(=O)N(CC[C@@H](N)CF)C(c1nc(-c2cc(F)ccc2F)cn1Cc1ccccc1)C(C)(C)C. The number of nitrogens with two attached hydrogens (primary N) is 1. The number of methoxy groups -OCH3 is 1. The summed E-state index contributed by atoms with van der Waals surface area (Å²) in [5.74, 6) is -1.000. The average Bonchev–Trinajstić information content (AvgIpc) is 3.25. The van der Waals surface area contributed by atoms with Crippen LogP contribution >= 0.6 is 0 Å². The third-order valence-corrected chi connectivity index (χ3v) is 6.11. The van der Waals surface area contributed by atoms with Gasteiger partial charge in [-0.15, -0.1) is 0 Å². The van der Waals surface area contributed by atoms with Crippen LogP contribution in [0.5, 0.6) is 0 Å². The van der Waals surface area contributed by atoms with Crippen molar-refractivity contribution in [2.75, 3.05) is 26.9 Å². The van der Waals surface area contributed by atoms with E-state index in [4.69, 9.17) is 15.5 Å². The number of hydrogen-bond acceptors (Lipinski definition) is 4. The standard InChI is InChI=1S/C28H35F3N4O2/c1-28(2,3)26(35(25(36)18-37-4)13-12-21(32)15-29)27-33-24(22-14-20(30)10-11-23(22)31)17-34(27)16-19-8-6-5-7-9-19/h5-11,14,17,21,26H,12-13,15-16,18,32H2,1-4H3/t21-,26?/m1/s1. The van der Waals surface area contributed by atoms with Gasteiger partial charge in [0.15, 0.2) is 0 Å².